The zero-order chi connectivity index (χ0) is 13.3. The van der Waals surface area contributed by atoms with Crippen LogP contribution >= 0.6 is 0 Å². The summed E-state index contributed by atoms with van der Waals surface area (Å²) in [4.78, 5) is 4.80. The van der Waals surface area contributed by atoms with Gasteiger partial charge in [-0.15, -0.1) is 0 Å². The summed E-state index contributed by atoms with van der Waals surface area (Å²) >= 11 is 0. The van der Waals surface area contributed by atoms with Gasteiger partial charge >= 0.3 is 0 Å². The molecule has 0 aliphatic carbocycles. The normalized spacial score (nSPS) is 24.5. The minimum Gasteiger partial charge on any atom is -0.390 e. The number of nitrogens with zero attached hydrogens (tertiary/aromatic N) is 2. The Morgan fingerprint density at radius 1 is 1.00 bits per heavy atom. The van der Waals surface area contributed by atoms with Gasteiger partial charge in [0.25, 0.3) is 0 Å². The van der Waals surface area contributed by atoms with Crippen molar-refractivity contribution in [1.29, 1.82) is 0 Å². The number of morpholine rings is 1. The molecule has 2 N–H and O–H groups in total. The van der Waals surface area contributed by atoms with E-state index in [-0.39, 0.29) is 6.10 Å². The highest BCUT2D eigenvalue weighted by Crippen LogP contribution is 2.07. The van der Waals surface area contributed by atoms with Crippen molar-refractivity contribution in [2.24, 2.45) is 0 Å². The molecule has 2 aliphatic rings. The van der Waals surface area contributed by atoms with Gasteiger partial charge in [-0.25, -0.2) is 0 Å². The zero-order valence-corrected chi connectivity index (χ0v) is 12.0. The molecular weight excluding hydrogens is 242 g/mol. The van der Waals surface area contributed by atoms with E-state index in [1.165, 1.54) is 32.4 Å². The minimum absolute atomic E-state index is 0.264. The lowest BCUT2D eigenvalue weighted by atomic mass is 10.1. The van der Waals surface area contributed by atoms with Gasteiger partial charge in [0.15, 0.2) is 0 Å². The zero-order valence-electron chi connectivity index (χ0n) is 12.0. The minimum atomic E-state index is -0.264. The number of rotatable bonds is 7. The van der Waals surface area contributed by atoms with Crippen molar-refractivity contribution in [3.05, 3.63) is 0 Å². The molecule has 0 saturated carbocycles. The smallest absolute Gasteiger partial charge is 0.0791 e. The van der Waals surface area contributed by atoms with Crippen LogP contribution < -0.4 is 5.32 Å². The predicted molar refractivity (Wildman–Crippen MR) is 76.4 cm³/mol. The van der Waals surface area contributed by atoms with Gasteiger partial charge in [-0.2, -0.15) is 0 Å². The number of nitrogens with one attached hydrogen (secondary N) is 1. The Morgan fingerprint density at radius 3 is 2.47 bits per heavy atom. The molecule has 0 aromatic rings. The number of piperidine rings is 1. The van der Waals surface area contributed by atoms with Crippen LogP contribution in [0.3, 0.4) is 0 Å². The highest BCUT2D eigenvalue weighted by Gasteiger charge is 2.14. The van der Waals surface area contributed by atoms with Crippen LogP contribution in [0.4, 0.5) is 0 Å². The molecule has 5 heteroatoms. The standard InChI is InChI=1S/C14H29N3O2/c18-14(13-17-8-10-19-11-9-17)12-15-4-7-16-5-2-1-3-6-16/h14-15,18H,1-13H2. The summed E-state index contributed by atoms with van der Waals surface area (Å²) in [6, 6.07) is 0. The molecule has 112 valence electrons. The molecule has 2 heterocycles. The molecule has 2 saturated heterocycles. The van der Waals surface area contributed by atoms with Crippen LogP contribution in [-0.2, 0) is 4.74 Å². The SMILES string of the molecule is OC(CNCCN1CCCCC1)CN1CCOCC1. The van der Waals surface area contributed by atoms with Gasteiger partial charge in [-0.05, 0) is 25.9 Å². The topological polar surface area (TPSA) is 48.0 Å². The number of aliphatic hydroxyl groups excluding tert-OH is 1. The Hall–Kier alpha value is -0.200. The van der Waals surface area contributed by atoms with Crippen LogP contribution in [0.15, 0.2) is 0 Å². The number of ether oxygens (including phenoxy) is 1. The van der Waals surface area contributed by atoms with Crippen LogP contribution in [0.1, 0.15) is 19.3 Å². The monoisotopic (exact) mass is 271 g/mol. The van der Waals surface area contributed by atoms with Crippen LogP contribution in [0.25, 0.3) is 0 Å². The third kappa shape index (κ3) is 6.19. The quantitative estimate of drug-likeness (QED) is 0.626. The van der Waals surface area contributed by atoms with E-state index in [1.807, 2.05) is 0 Å². The summed E-state index contributed by atoms with van der Waals surface area (Å²) in [7, 11) is 0. The first-order chi connectivity index (χ1) is 9.34. The fourth-order valence-corrected chi connectivity index (χ4v) is 2.84. The Bertz CT molecular complexity index is 229. The highest BCUT2D eigenvalue weighted by molar-refractivity contribution is 4.70. The molecule has 0 aromatic carbocycles. The van der Waals surface area contributed by atoms with E-state index in [0.717, 1.165) is 45.9 Å². The van der Waals surface area contributed by atoms with Crippen LogP contribution in [0.5, 0.6) is 0 Å². The lowest BCUT2D eigenvalue weighted by Gasteiger charge is -2.29. The number of hydrogen-bond acceptors (Lipinski definition) is 5. The number of likely N-dealkylation sites (tertiary alicyclic amines) is 1. The fourth-order valence-electron chi connectivity index (χ4n) is 2.84. The summed E-state index contributed by atoms with van der Waals surface area (Å²) in [5, 5.41) is 13.4. The van der Waals surface area contributed by atoms with Gasteiger partial charge in [0.05, 0.1) is 19.3 Å². The lowest BCUT2D eigenvalue weighted by molar-refractivity contribution is 0.0149. The summed E-state index contributed by atoms with van der Waals surface area (Å²) in [6.45, 7) is 9.56. The Balaban J connectivity index is 1.47. The van der Waals surface area contributed by atoms with Crippen molar-refractivity contribution in [3.8, 4) is 0 Å². The third-order valence-corrected chi connectivity index (χ3v) is 4.01. The Morgan fingerprint density at radius 2 is 1.74 bits per heavy atom. The van der Waals surface area contributed by atoms with E-state index in [2.05, 4.69) is 15.1 Å². The molecular formula is C14H29N3O2. The van der Waals surface area contributed by atoms with Gasteiger partial charge in [-0.3, -0.25) is 4.90 Å². The van der Waals surface area contributed by atoms with Crippen molar-refractivity contribution in [3.63, 3.8) is 0 Å². The maximum atomic E-state index is 9.98. The fraction of sp³-hybridized carbons (Fsp3) is 1.00. The first-order valence-corrected chi connectivity index (χ1v) is 7.76. The first-order valence-electron chi connectivity index (χ1n) is 7.76. The van der Waals surface area contributed by atoms with Gasteiger partial charge in [0.1, 0.15) is 0 Å². The number of aliphatic hydroxyl groups is 1. The largest absolute Gasteiger partial charge is 0.390 e. The molecule has 0 radical (unpaired) electrons. The van der Waals surface area contributed by atoms with Crippen molar-refractivity contribution in [1.82, 2.24) is 15.1 Å². The van der Waals surface area contributed by atoms with E-state index in [0.29, 0.717) is 6.54 Å². The Labute approximate surface area is 116 Å². The molecule has 1 unspecified atom stereocenters. The molecule has 0 bridgehead atoms. The average molecular weight is 271 g/mol. The number of hydrogen-bond donors (Lipinski definition) is 2. The highest BCUT2D eigenvalue weighted by atomic mass is 16.5. The maximum absolute atomic E-state index is 9.98. The molecule has 1 atom stereocenters. The van der Waals surface area contributed by atoms with E-state index in [1.54, 1.807) is 0 Å². The number of β-amino-alcohol motifs (C(OH)–C–C–N with tert-alkyl or cyclic N) is 1. The van der Waals surface area contributed by atoms with Gasteiger partial charge in [0.2, 0.25) is 0 Å². The van der Waals surface area contributed by atoms with Crippen molar-refractivity contribution in [2.45, 2.75) is 25.4 Å². The van der Waals surface area contributed by atoms with E-state index < -0.39 is 0 Å². The van der Waals surface area contributed by atoms with Crippen molar-refractivity contribution < 1.29 is 9.84 Å². The van der Waals surface area contributed by atoms with Crippen LogP contribution in [0.2, 0.25) is 0 Å². The van der Waals surface area contributed by atoms with Crippen LogP contribution in [0, 0.1) is 0 Å². The third-order valence-electron chi connectivity index (χ3n) is 4.01. The first kappa shape index (κ1) is 15.2. The molecule has 2 aliphatic heterocycles. The molecule has 0 aromatic heterocycles. The van der Waals surface area contributed by atoms with Gasteiger partial charge < -0.3 is 20.1 Å². The second-order valence-corrected chi connectivity index (χ2v) is 5.67. The summed E-state index contributed by atoms with van der Waals surface area (Å²) < 4.78 is 5.30. The molecule has 0 spiro atoms. The second kappa shape index (κ2) is 8.87. The van der Waals surface area contributed by atoms with Gasteiger partial charge in [-0.1, -0.05) is 6.42 Å². The molecule has 2 fully saturated rings. The summed E-state index contributed by atoms with van der Waals surface area (Å²) in [5.74, 6) is 0. The van der Waals surface area contributed by atoms with E-state index in [9.17, 15) is 5.11 Å². The second-order valence-electron chi connectivity index (χ2n) is 5.67. The molecule has 0 amide bonds. The van der Waals surface area contributed by atoms with E-state index >= 15 is 0 Å². The summed E-state index contributed by atoms with van der Waals surface area (Å²) in [5.41, 5.74) is 0. The summed E-state index contributed by atoms with van der Waals surface area (Å²) in [6.07, 6.45) is 3.82. The predicted octanol–water partition coefficient (Wildman–Crippen LogP) is -0.245. The molecule has 5 nitrogen and oxygen atoms in total. The van der Waals surface area contributed by atoms with Crippen LogP contribution in [-0.4, -0.2) is 86.6 Å². The molecule has 2 rings (SSSR count). The Kier molecular flexibility index (Phi) is 7.09. The van der Waals surface area contributed by atoms with Crippen molar-refractivity contribution >= 4 is 0 Å². The average Bonchev–Trinajstić information content (AvgIpc) is 2.46. The molecule has 19 heavy (non-hydrogen) atoms. The lowest BCUT2D eigenvalue weighted by Crippen LogP contribution is -2.44. The van der Waals surface area contributed by atoms with E-state index in [4.69, 9.17) is 4.74 Å². The maximum Gasteiger partial charge on any atom is 0.0791 e. The van der Waals surface area contributed by atoms with Gasteiger partial charge in [0, 0.05) is 39.3 Å². The van der Waals surface area contributed by atoms with Crippen molar-refractivity contribution in [2.75, 3.05) is 65.6 Å².